The number of hydrogen-bond acceptors (Lipinski definition) is 5. The van der Waals surface area contributed by atoms with Crippen molar-refractivity contribution in [1.29, 1.82) is 0 Å². The smallest absolute Gasteiger partial charge is 0.271 e. The molecule has 0 aliphatic carbocycles. The van der Waals surface area contributed by atoms with Crippen LogP contribution >= 0.6 is 11.6 Å². The van der Waals surface area contributed by atoms with Crippen molar-refractivity contribution in [3.05, 3.63) is 53.3 Å². The molecule has 0 saturated heterocycles. The maximum atomic E-state index is 11.9. The van der Waals surface area contributed by atoms with Crippen molar-refractivity contribution in [1.82, 2.24) is 25.5 Å². The zero-order valence-electron chi connectivity index (χ0n) is 11.4. The molecule has 0 aliphatic rings. The van der Waals surface area contributed by atoms with Crippen LogP contribution in [0.15, 0.2) is 41.1 Å². The number of furan rings is 1. The molecule has 0 aliphatic heterocycles. The van der Waals surface area contributed by atoms with Gasteiger partial charge in [-0.25, -0.2) is 9.97 Å². The van der Waals surface area contributed by atoms with Gasteiger partial charge >= 0.3 is 0 Å². The summed E-state index contributed by atoms with van der Waals surface area (Å²) in [6, 6.07) is 6.83. The highest BCUT2D eigenvalue weighted by atomic mass is 35.5. The Bertz CT molecular complexity index is 769. The van der Waals surface area contributed by atoms with Crippen molar-refractivity contribution in [2.75, 3.05) is 6.54 Å². The Hall–Kier alpha value is -2.67. The number of rotatable bonds is 5. The van der Waals surface area contributed by atoms with Crippen LogP contribution in [0.2, 0.25) is 5.02 Å². The van der Waals surface area contributed by atoms with Gasteiger partial charge in [0.05, 0.1) is 11.3 Å². The predicted molar refractivity (Wildman–Crippen MR) is 79.4 cm³/mol. The largest absolute Gasteiger partial charge is 0.461 e. The van der Waals surface area contributed by atoms with Crippen molar-refractivity contribution in [3.63, 3.8) is 0 Å². The van der Waals surface area contributed by atoms with Crippen molar-refractivity contribution >= 4 is 17.5 Å². The molecule has 0 spiro atoms. The van der Waals surface area contributed by atoms with Gasteiger partial charge in [-0.1, -0.05) is 11.6 Å². The summed E-state index contributed by atoms with van der Waals surface area (Å²) in [6.07, 6.45) is 3.58. The first-order valence-corrected chi connectivity index (χ1v) is 6.95. The molecular formula is C14H12ClN5O2. The first-order chi connectivity index (χ1) is 10.7. The van der Waals surface area contributed by atoms with Crippen LogP contribution in [-0.2, 0) is 6.42 Å². The second-order valence-corrected chi connectivity index (χ2v) is 4.83. The molecule has 0 radical (unpaired) electrons. The Labute approximate surface area is 130 Å². The molecule has 7 nitrogen and oxygen atoms in total. The Morgan fingerprint density at radius 2 is 2.27 bits per heavy atom. The number of amides is 1. The number of carbonyl (C=O) groups is 1. The SMILES string of the molecule is O=C(NCCc1nc(-c2ccco2)n[nH]1)c1ncccc1Cl. The molecule has 0 saturated carbocycles. The molecule has 112 valence electrons. The summed E-state index contributed by atoms with van der Waals surface area (Å²) < 4.78 is 5.21. The third-order valence-electron chi connectivity index (χ3n) is 2.89. The van der Waals surface area contributed by atoms with Gasteiger partial charge in [-0.3, -0.25) is 9.89 Å². The van der Waals surface area contributed by atoms with Crippen LogP contribution in [0.25, 0.3) is 11.6 Å². The highest BCUT2D eigenvalue weighted by Crippen LogP contribution is 2.14. The molecule has 3 rings (SSSR count). The maximum Gasteiger partial charge on any atom is 0.271 e. The van der Waals surface area contributed by atoms with E-state index < -0.39 is 0 Å². The third-order valence-corrected chi connectivity index (χ3v) is 3.20. The highest BCUT2D eigenvalue weighted by molar-refractivity contribution is 6.33. The number of aromatic nitrogens is 4. The number of halogens is 1. The van der Waals surface area contributed by atoms with Crippen LogP contribution in [0.1, 0.15) is 16.3 Å². The molecule has 3 heterocycles. The van der Waals surface area contributed by atoms with Crippen molar-refractivity contribution < 1.29 is 9.21 Å². The van der Waals surface area contributed by atoms with E-state index in [-0.39, 0.29) is 11.6 Å². The minimum atomic E-state index is -0.323. The second-order valence-electron chi connectivity index (χ2n) is 4.42. The van der Waals surface area contributed by atoms with Gasteiger partial charge in [-0.05, 0) is 24.3 Å². The highest BCUT2D eigenvalue weighted by Gasteiger charge is 2.12. The number of nitrogens with zero attached hydrogens (tertiary/aromatic N) is 3. The summed E-state index contributed by atoms with van der Waals surface area (Å²) in [4.78, 5) is 20.2. The van der Waals surface area contributed by atoms with Crippen LogP contribution in [0.4, 0.5) is 0 Å². The molecule has 3 aromatic heterocycles. The molecule has 0 aromatic carbocycles. The number of carbonyl (C=O) groups excluding carboxylic acids is 1. The number of pyridine rings is 1. The summed E-state index contributed by atoms with van der Waals surface area (Å²) in [5, 5.41) is 9.91. The lowest BCUT2D eigenvalue weighted by molar-refractivity contribution is 0.0949. The molecule has 0 fully saturated rings. The fraction of sp³-hybridized carbons (Fsp3) is 0.143. The predicted octanol–water partition coefficient (Wildman–Crippen LogP) is 2.09. The number of nitrogens with one attached hydrogen (secondary N) is 2. The molecule has 22 heavy (non-hydrogen) atoms. The second kappa shape index (κ2) is 6.40. The normalized spacial score (nSPS) is 10.6. The zero-order chi connectivity index (χ0) is 15.4. The Balaban J connectivity index is 1.55. The van der Waals surface area contributed by atoms with Gasteiger partial charge in [-0.2, -0.15) is 5.10 Å². The molecule has 0 atom stereocenters. The van der Waals surface area contributed by atoms with Gasteiger partial charge in [-0.15, -0.1) is 0 Å². The maximum absolute atomic E-state index is 11.9. The standard InChI is InChI=1S/C14H12ClN5O2/c15-9-3-1-6-16-12(9)14(21)17-7-5-11-18-13(20-19-11)10-4-2-8-22-10/h1-4,6,8H,5,7H2,(H,17,21)(H,18,19,20). The number of H-pyrrole nitrogens is 1. The monoisotopic (exact) mass is 317 g/mol. The van der Waals surface area contributed by atoms with Crippen LogP contribution in [0, 0.1) is 0 Å². The van der Waals surface area contributed by atoms with E-state index in [1.165, 1.54) is 6.20 Å². The summed E-state index contributed by atoms with van der Waals surface area (Å²) in [5.74, 6) is 1.40. The Morgan fingerprint density at radius 3 is 3.05 bits per heavy atom. The van der Waals surface area contributed by atoms with E-state index in [1.807, 2.05) is 0 Å². The average molecular weight is 318 g/mol. The molecule has 0 unspecified atom stereocenters. The average Bonchev–Trinajstić information content (AvgIpc) is 3.18. The Kier molecular flexibility index (Phi) is 4.15. The van der Waals surface area contributed by atoms with E-state index in [1.54, 1.807) is 30.5 Å². The first-order valence-electron chi connectivity index (χ1n) is 6.58. The summed E-state index contributed by atoms with van der Waals surface area (Å²) in [5.41, 5.74) is 0.206. The van der Waals surface area contributed by atoms with Crippen molar-refractivity contribution in [2.24, 2.45) is 0 Å². The van der Waals surface area contributed by atoms with Gasteiger partial charge in [0.25, 0.3) is 5.91 Å². The van der Waals surface area contributed by atoms with Gasteiger partial charge < -0.3 is 9.73 Å². The van der Waals surface area contributed by atoms with Gasteiger partial charge in [0.15, 0.2) is 5.76 Å². The van der Waals surface area contributed by atoms with Crippen molar-refractivity contribution in [2.45, 2.75) is 6.42 Å². The minimum absolute atomic E-state index is 0.206. The topological polar surface area (TPSA) is 96.7 Å². The molecular weight excluding hydrogens is 306 g/mol. The minimum Gasteiger partial charge on any atom is -0.461 e. The van der Waals surface area contributed by atoms with Crippen LogP contribution in [0.5, 0.6) is 0 Å². The van der Waals surface area contributed by atoms with Gasteiger partial charge in [0.2, 0.25) is 5.82 Å². The lowest BCUT2D eigenvalue weighted by atomic mass is 10.3. The van der Waals surface area contributed by atoms with Crippen LogP contribution < -0.4 is 5.32 Å². The summed E-state index contributed by atoms with van der Waals surface area (Å²) in [7, 11) is 0. The zero-order valence-corrected chi connectivity index (χ0v) is 12.2. The van der Waals surface area contributed by atoms with E-state index in [0.717, 1.165) is 0 Å². The van der Waals surface area contributed by atoms with Gasteiger partial charge in [0, 0.05) is 19.2 Å². The van der Waals surface area contributed by atoms with Crippen LogP contribution in [-0.4, -0.2) is 32.6 Å². The molecule has 1 amide bonds. The molecule has 0 bridgehead atoms. The van der Waals surface area contributed by atoms with E-state index >= 15 is 0 Å². The summed E-state index contributed by atoms with van der Waals surface area (Å²) in [6.45, 7) is 0.387. The molecule has 8 heteroatoms. The first kappa shape index (κ1) is 14.3. The quantitative estimate of drug-likeness (QED) is 0.751. The van der Waals surface area contributed by atoms with E-state index in [2.05, 4.69) is 25.5 Å². The fourth-order valence-corrected chi connectivity index (χ4v) is 2.06. The lowest BCUT2D eigenvalue weighted by Crippen LogP contribution is -2.27. The Morgan fingerprint density at radius 1 is 1.36 bits per heavy atom. The van der Waals surface area contributed by atoms with E-state index in [0.29, 0.717) is 35.4 Å². The molecule has 3 aromatic rings. The summed E-state index contributed by atoms with van der Waals surface area (Å²) >= 11 is 5.91. The lowest BCUT2D eigenvalue weighted by Gasteiger charge is -2.04. The fourth-order valence-electron chi connectivity index (χ4n) is 1.85. The van der Waals surface area contributed by atoms with Gasteiger partial charge in [0.1, 0.15) is 11.5 Å². The van der Waals surface area contributed by atoms with Crippen molar-refractivity contribution in [3.8, 4) is 11.6 Å². The molecule has 2 N–H and O–H groups in total. The van der Waals surface area contributed by atoms with E-state index in [4.69, 9.17) is 16.0 Å². The number of aromatic amines is 1. The van der Waals surface area contributed by atoms with Crippen LogP contribution in [0.3, 0.4) is 0 Å². The number of hydrogen-bond donors (Lipinski definition) is 2. The van der Waals surface area contributed by atoms with E-state index in [9.17, 15) is 4.79 Å². The third kappa shape index (κ3) is 3.15.